The second-order valence-electron chi connectivity index (χ2n) is 3.03. The number of hydrogen-bond donors (Lipinski definition) is 5. The summed E-state index contributed by atoms with van der Waals surface area (Å²) in [6, 6.07) is 1.39. The van der Waals surface area contributed by atoms with Crippen molar-refractivity contribution in [3.8, 4) is 11.5 Å². The summed E-state index contributed by atoms with van der Waals surface area (Å²) in [6.45, 7) is 0. The van der Waals surface area contributed by atoms with Gasteiger partial charge in [0.15, 0.2) is 11.5 Å². The zero-order valence-corrected chi connectivity index (χ0v) is 9.43. The van der Waals surface area contributed by atoms with Gasteiger partial charge in [-0.3, -0.25) is 25.0 Å². The lowest BCUT2D eigenvalue weighted by molar-refractivity contribution is -0.110. The molecule has 5 N–H and O–H groups in total. The summed E-state index contributed by atoms with van der Waals surface area (Å²) in [5, 5.41) is 18.4. The molecule has 10 heteroatoms. The van der Waals surface area contributed by atoms with Crippen LogP contribution in [-0.4, -0.2) is 35.5 Å². The minimum Gasteiger partial charge on any atom is -0.504 e. The Balaban J connectivity index is 3.29. The van der Waals surface area contributed by atoms with Crippen LogP contribution in [0.25, 0.3) is 0 Å². The monoisotopic (exact) mass is 276 g/mol. The number of amides is 2. The SMILES string of the molecule is O=CNNC(=O)c1cc(O)c(O)c(S(=O)(=O)O)c1. The molecule has 0 fully saturated rings. The van der Waals surface area contributed by atoms with Crippen molar-refractivity contribution in [2.75, 3.05) is 0 Å². The van der Waals surface area contributed by atoms with Crippen molar-refractivity contribution >= 4 is 22.4 Å². The predicted octanol–water partition coefficient (Wildman–Crippen LogP) is -1.26. The molecule has 0 spiro atoms. The van der Waals surface area contributed by atoms with E-state index in [1.165, 1.54) is 0 Å². The quantitative estimate of drug-likeness (QED) is 0.199. The normalized spacial score (nSPS) is 10.7. The standard InChI is InChI=1S/C8H8N2O7S/c11-3-9-10-8(14)4-1-5(12)7(13)6(2-4)18(15,16)17/h1-3,12-13H,(H,9,11)(H,10,14)(H,15,16,17). The van der Waals surface area contributed by atoms with Crippen LogP contribution in [0, 0.1) is 0 Å². The maximum Gasteiger partial charge on any atom is 0.298 e. The number of carbonyl (C=O) groups is 2. The number of aromatic hydroxyl groups is 2. The van der Waals surface area contributed by atoms with Crippen LogP contribution in [-0.2, 0) is 14.9 Å². The summed E-state index contributed by atoms with van der Waals surface area (Å²) < 4.78 is 30.5. The molecule has 0 saturated carbocycles. The first-order valence-electron chi connectivity index (χ1n) is 4.30. The molecule has 0 aliphatic rings. The molecule has 98 valence electrons. The van der Waals surface area contributed by atoms with Crippen LogP contribution in [0.3, 0.4) is 0 Å². The van der Waals surface area contributed by atoms with Gasteiger partial charge in [-0.15, -0.1) is 0 Å². The second kappa shape index (κ2) is 4.89. The van der Waals surface area contributed by atoms with Crippen molar-refractivity contribution in [2.24, 2.45) is 0 Å². The first-order chi connectivity index (χ1) is 8.27. The number of nitrogens with one attached hydrogen (secondary N) is 2. The van der Waals surface area contributed by atoms with Crippen molar-refractivity contribution in [1.29, 1.82) is 0 Å². The van der Waals surface area contributed by atoms with E-state index in [-0.39, 0.29) is 6.41 Å². The maximum atomic E-state index is 11.3. The molecule has 1 rings (SSSR count). The van der Waals surface area contributed by atoms with Crippen LogP contribution >= 0.6 is 0 Å². The van der Waals surface area contributed by atoms with Crippen LogP contribution in [0.2, 0.25) is 0 Å². The number of phenols is 2. The maximum absolute atomic E-state index is 11.3. The average molecular weight is 276 g/mol. The van der Waals surface area contributed by atoms with Crippen LogP contribution in [0.1, 0.15) is 10.4 Å². The fourth-order valence-corrected chi connectivity index (χ4v) is 1.71. The lowest BCUT2D eigenvalue weighted by Gasteiger charge is -2.07. The Morgan fingerprint density at radius 2 is 1.89 bits per heavy atom. The third-order valence-corrected chi connectivity index (χ3v) is 2.71. The predicted molar refractivity (Wildman–Crippen MR) is 56.3 cm³/mol. The second-order valence-corrected chi connectivity index (χ2v) is 4.42. The van der Waals surface area contributed by atoms with Crippen LogP contribution < -0.4 is 10.9 Å². The Bertz CT molecular complexity index is 596. The summed E-state index contributed by atoms with van der Waals surface area (Å²) in [7, 11) is -4.81. The van der Waals surface area contributed by atoms with E-state index in [0.29, 0.717) is 6.07 Å². The van der Waals surface area contributed by atoms with Crippen molar-refractivity contribution < 1.29 is 32.8 Å². The zero-order valence-electron chi connectivity index (χ0n) is 8.61. The minimum atomic E-state index is -4.81. The van der Waals surface area contributed by atoms with E-state index in [2.05, 4.69) is 0 Å². The first kappa shape index (κ1) is 13.7. The highest BCUT2D eigenvalue weighted by Gasteiger charge is 2.21. The number of rotatable bonds is 4. The van der Waals surface area contributed by atoms with E-state index in [9.17, 15) is 28.2 Å². The summed E-state index contributed by atoms with van der Waals surface area (Å²) >= 11 is 0. The Hall–Kier alpha value is -2.33. The Morgan fingerprint density at radius 1 is 1.28 bits per heavy atom. The van der Waals surface area contributed by atoms with Gasteiger partial charge in [-0.2, -0.15) is 8.42 Å². The summed E-state index contributed by atoms with van der Waals surface area (Å²) in [5.41, 5.74) is 3.25. The number of benzene rings is 1. The van der Waals surface area contributed by atoms with E-state index in [0.717, 1.165) is 6.07 Å². The van der Waals surface area contributed by atoms with Gasteiger partial charge in [0.25, 0.3) is 16.0 Å². The summed E-state index contributed by atoms with van der Waals surface area (Å²) in [5.74, 6) is -2.96. The van der Waals surface area contributed by atoms with E-state index in [1.54, 1.807) is 5.43 Å². The molecule has 0 aromatic heterocycles. The molecule has 0 bridgehead atoms. The number of carbonyl (C=O) groups excluding carboxylic acids is 2. The van der Waals surface area contributed by atoms with Crippen molar-refractivity contribution in [3.05, 3.63) is 17.7 Å². The third kappa shape index (κ3) is 2.87. The number of hydrogen-bond acceptors (Lipinski definition) is 6. The highest BCUT2D eigenvalue weighted by molar-refractivity contribution is 7.86. The van der Waals surface area contributed by atoms with Crippen molar-refractivity contribution in [3.63, 3.8) is 0 Å². The Morgan fingerprint density at radius 3 is 2.39 bits per heavy atom. The van der Waals surface area contributed by atoms with Gasteiger partial charge < -0.3 is 10.2 Å². The van der Waals surface area contributed by atoms with E-state index >= 15 is 0 Å². The molecule has 1 aromatic rings. The van der Waals surface area contributed by atoms with Gasteiger partial charge >= 0.3 is 0 Å². The van der Waals surface area contributed by atoms with Crippen molar-refractivity contribution in [1.82, 2.24) is 10.9 Å². The van der Waals surface area contributed by atoms with E-state index in [1.807, 2.05) is 5.43 Å². The molecule has 18 heavy (non-hydrogen) atoms. The molecule has 0 heterocycles. The van der Waals surface area contributed by atoms with Gasteiger partial charge in [0.2, 0.25) is 6.41 Å². The highest BCUT2D eigenvalue weighted by Crippen LogP contribution is 2.33. The molecular weight excluding hydrogens is 268 g/mol. The van der Waals surface area contributed by atoms with Gasteiger partial charge in [-0.25, -0.2) is 0 Å². The van der Waals surface area contributed by atoms with Gasteiger partial charge in [-0.05, 0) is 12.1 Å². The molecule has 0 aliphatic carbocycles. The molecule has 1 aromatic carbocycles. The fourth-order valence-electron chi connectivity index (χ4n) is 1.09. The first-order valence-corrected chi connectivity index (χ1v) is 5.74. The fraction of sp³-hybridized carbons (Fsp3) is 0. The largest absolute Gasteiger partial charge is 0.504 e. The van der Waals surface area contributed by atoms with Crippen molar-refractivity contribution in [2.45, 2.75) is 4.90 Å². The molecule has 0 radical (unpaired) electrons. The molecule has 0 saturated heterocycles. The Labute approximate surface area is 101 Å². The molecular formula is C8H8N2O7S. The summed E-state index contributed by atoms with van der Waals surface area (Å²) in [6.07, 6.45) is 0.155. The topological polar surface area (TPSA) is 153 Å². The Kier molecular flexibility index (Phi) is 3.73. The highest BCUT2D eigenvalue weighted by atomic mass is 32.2. The van der Waals surface area contributed by atoms with Gasteiger partial charge in [-0.1, -0.05) is 0 Å². The smallest absolute Gasteiger partial charge is 0.298 e. The van der Waals surface area contributed by atoms with E-state index in [4.69, 9.17) is 4.55 Å². The minimum absolute atomic E-state index is 0.155. The molecule has 0 atom stereocenters. The zero-order chi connectivity index (χ0) is 13.9. The van der Waals surface area contributed by atoms with Crippen LogP contribution in [0.4, 0.5) is 0 Å². The molecule has 9 nitrogen and oxygen atoms in total. The molecule has 0 aliphatic heterocycles. The number of phenolic OH excluding ortho intramolecular Hbond substituents is 2. The van der Waals surface area contributed by atoms with Gasteiger partial charge in [0.1, 0.15) is 4.90 Å². The van der Waals surface area contributed by atoms with E-state index < -0.39 is 38.0 Å². The third-order valence-electron chi connectivity index (χ3n) is 1.84. The number of hydrazine groups is 1. The van der Waals surface area contributed by atoms with Crippen LogP contribution in [0.5, 0.6) is 11.5 Å². The lowest BCUT2D eigenvalue weighted by Crippen LogP contribution is -2.36. The average Bonchev–Trinajstić information content (AvgIpc) is 2.27. The van der Waals surface area contributed by atoms with Gasteiger partial charge in [0, 0.05) is 5.56 Å². The molecule has 0 unspecified atom stereocenters. The van der Waals surface area contributed by atoms with Crippen LogP contribution in [0.15, 0.2) is 17.0 Å². The molecule has 2 amide bonds. The lowest BCUT2D eigenvalue weighted by atomic mass is 10.2. The van der Waals surface area contributed by atoms with Gasteiger partial charge in [0.05, 0.1) is 0 Å². The summed E-state index contributed by atoms with van der Waals surface area (Å²) in [4.78, 5) is 20.3.